The van der Waals surface area contributed by atoms with Gasteiger partial charge in [-0.15, -0.1) is 0 Å². The van der Waals surface area contributed by atoms with Gasteiger partial charge >= 0.3 is 0 Å². The summed E-state index contributed by atoms with van der Waals surface area (Å²) in [4.78, 5) is 25.5. The Bertz CT molecular complexity index is 1080. The smallest absolute Gasteiger partial charge is 0.295 e. The zero-order chi connectivity index (χ0) is 20.3. The van der Waals surface area contributed by atoms with Crippen LogP contribution in [0, 0.1) is 10.1 Å². The summed E-state index contributed by atoms with van der Waals surface area (Å²) in [6.07, 6.45) is 0. The van der Waals surface area contributed by atoms with Crippen molar-refractivity contribution in [2.24, 2.45) is 0 Å². The SMILES string of the molecule is CCN(C)c1cc(-c2cccc(OC)c2)nn(-c2cccc([N+](=O)[O-])c2)c1=O. The monoisotopic (exact) mass is 380 g/mol. The zero-order valence-electron chi connectivity index (χ0n) is 15.8. The van der Waals surface area contributed by atoms with Crippen LogP contribution < -0.4 is 15.2 Å². The van der Waals surface area contributed by atoms with E-state index in [9.17, 15) is 14.9 Å². The number of nitro benzene ring substituents is 1. The molecule has 3 rings (SSSR count). The van der Waals surface area contributed by atoms with Gasteiger partial charge < -0.3 is 9.64 Å². The van der Waals surface area contributed by atoms with E-state index in [1.165, 1.54) is 22.9 Å². The van der Waals surface area contributed by atoms with E-state index in [-0.39, 0.29) is 11.2 Å². The van der Waals surface area contributed by atoms with Gasteiger partial charge in [0.05, 0.1) is 23.4 Å². The van der Waals surface area contributed by atoms with Crippen LogP contribution in [0.3, 0.4) is 0 Å². The van der Waals surface area contributed by atoms with E-state index in [1.807, 2.05) is 43.1 Å². The Kier molecular flexibility index (Phi) is 5.39. The van der Waals surface area contributed by atoms with E-state index in [2.05, 4.69) is 5.10 Å². The third-order valence-corrected chi connectivity index (χ3v) is 4.43. The molecule has 0 N–H and O–H groups in total. The summed E-state index contributed by atoms with van der Waals surface area (Å²) < 4.78 is 6.47. The predicted molar refractivity (Wildman–Crippen MR) is 107 cm³/mol. The molecule has 8 heteroatoms. The summed E-state index contributed by atoms with van der Waals surface area (Å²) in [7, 11) is 3.39. The molecule has 0 bridgehead atoms. The van der Waals surface area contributed by atoms with E-state index in [4.69, 9.17) is 4.74 Å². The molecule has 0 unspecified atom stereocenters. The summed E-state index contributed by atoms with van der Waals surface area (Å²) in [6, 6.07) is 14.9. The maximum atomic E-state index is 13.0. The lowest BCUT2D eigenvalue weighted by Crippen LogP contribution is -2.30. The van der Waals surface area contributed by atoms with Gasteiger partial charge in [-0.3, -0.25) is 14.9 Å². The Morgan fingerprint density at radius 1 is 1.18 bits per heavy atom. The van der Waals surface area contributed by atoms with Crippen molar-refractivity contribution in [1.82, 2.24) is 9.78 Å². The highest BCUT2D eigenvalue weighted by molar-refractivity contribution is 5.65. The van der Waals surface area contributed by atoms with Crippen LogP contribution in [0.15, 0.2) is 59.4 Å². The molecule has 0 saturated carbocycles. The van der Waals surface area contributed by atoms with Gasteiger partial charge in [-0.25, -0.2) is 0 Å². The van der Waals surface area contributed by atoms with Crippen molar-refractivity contribution in [2.75, 3.05) is 25.6 Å². The van der Waals surface area contributed by atoms with Crippen LogP contribution in [0.1, 0.15) is 6.92 Å². The van der Waals surface area contributed by atoms with Crippen molar-refractivity contribution in [3.05, 3.63) is 75.1 Å². The number of non-ortho nitro benzene ring substituents is 1. The minimum Gasteiger partial charge on any atom is -0.497 e. The number of benzene rings is 2. The second-order valence-corrected chi connectivity index (χ2v) is 6.15. The molecule has 0 radical (unpaired) electrons. The molecule has 0 aliphatic rings. The standard InChI is InChI=1S/C20H20N4O4/c1-4-22(2)19-13-18(14-7-5-10-17(11-14)28-3)21-23(20(19)25)15-8-6-9-16(12-15)24(26)27/h5-13H,4H2,1-3H3. The Hall–Kier alpha value is -3.68. The molecule has 0 aliphatic heterocycles. The number of hydrogen-bond acceptors (Lipinski definition) is 6. The van der Waals surface area contributed by atoms with E-state index in [0.29, 0.717) is 29.4 Å². The van der Waals surface area contributed by atoms with Crippen LogP contribution in [0.2, 0.25) is 0 Å². The molecule has 1 aromatic heterocycles. The highest BCUT2D eigenvalue weighted by Crippen LogP contribution is 2.25. The molecular formula is C20H20N4O4. The van der Waals surface area contributed by atoms with Crippen LogP contribution in [0.4, 0.5) is 11.4 Å². The highest BCUT2D eigenvalue weighted by atomic mass is 16.6. The Labute approximate surface area is 161 Å². The summed E-state index contributed by atoms with van der Waals surface area (Å²) in [6.45, 7) is 2.55. The van der Waals surface area contributed by atoms with Gasteiger partial charge in [-0.1, -0.05) is 18.2 Å². The fraction of sp³-hybridized carbons (Fsp3) is 0.200. The van der Waals surface area contributed by atoms with Crippen molar-refractivity contribution in [3.63, 3.8) is 0 Å². The fourth-order valence-corrected chi connectivity index (χ4v) is 2.76. The molecule has 8 nitrogen and oxygen atoms in total. The van der Waals surface area contributed by atoms with Gasteiger partial charge in [0.25, 0.3) is 11.2 Å². The van der Waals surface area contributed by atoms with Crippen LogP contribution in [-0.2, 0) is 0 Å². The van der Waals surface area contributed by atoms with E-state index in [1.54, 1.807) is 19.2 Å². The third kappa shape index (κ3) is 3.71. The molecule has 0 fully saturated rings. The van der Waals surface area contributed by atoms with Crippen LogP contribution in [0.25, 0.3) is 16.9 Å². The molecule has 2 aromatic carbocycles. The highest BCUT2D eigenvalue weighted by Gasteiger charge is 2.16. The van der Waals surface area contributed by atoms with E-state index >= 15 is 0 Å². The third-order valence-electron chi connectivity index (χ3n) is 4.43. The Morgan fingerprint density at radius 3 is 2.61 bits per heavy atom. The van der Waals surface area contributed by atoms with Crippen LogP contribution >= 0.6 is 0 Å². The molecule has 28 heavy (non-hydrogen) atoms. The topological polar surface area (TPSA) is 90.5 Å². The second-order valence-electron chi connectivity index (χ2n) is 6.15. The van der Waals surface area contributed by atoms with Gasteiger partial charge in [0.15, 0.2) is 0 Å². The predicted octanol–water partition coefficient (Wildman–Crippen LogP) is 3.27. The van der Waals surface area contributed by atoms with Gasteiger partial charge in [0, 0.05) is 31.3 Å². The Balaban J connectivity index is 2.26. The summed E-state index contributed by atoms with van der Waals surface area (Å²) >= 11 is 0. The van der Waals surface area contributed by atoms with Crippen LogP contribution in [0.5, 0.6) is 5.75 Å². The van der Waals surface area contributed by atoms with Gasteiger partial charge in [0.2, 0.25) is 0 Å². The van der Waals surface area contributed by atoms with Gasteiger partial charge in [0.1, 0.15) is 11.4 Å². The maximum Gasteiger partial charge on any atom is 0.295 e. The number of nitrogens with zero attached hydrogens (tertiary/aromatic N) is 4. The Morgan fingerprint density at radius 2 is 1.93 bits per heavy atom. The van der Waals surface area contributed by atoms with Crippen molar-refractivity contribution >= 4 is 11.4 Å². The maximum absolute atomic E-state index is 13.0. The molecule has 0 saturated heterocycles. The molecule has 1 heterocycles. The number of nitro groups is 1. The number of hydrogen-bond donors (Lipinski definition) is 0. The molecule has 0 atom stereocenters. The van der Waals surface area contributed by atoms with Crippen molar-refractivity contribution in [3.8, 4) is 22.7 Å². The average Bonchev–Trinajstić information content (AvgIpc) is 2.73. The molecule has 144 valence electrons. The first-order valence-electron chi connectivity index (χ1n) is 8.69. The second kappa shape index (κ2) is 7.91. The van der Waals surface area contributed by atoms with E-state index in [0.717, 1.165) is 5.56 Å². The summed E-state index contributed by atoms with van der Waals surface area (Å²) in [5, 5.41) is 15.6. The first-order valence-corrected chi connectivity index (χ1v) is 8.69. The molecule has 0 spiro atoms. The first kappa shape index (κ1) is 19.1. The normalized spacial score (nSPS) is 10.5. The van der Waals surface area contributed by atoms with Gasteiger partial charge in [-0.2, -0.15) is 9.78 Å². The molecule has 3 aromatic rings. The zero-order valence-corrected chi connectivity index (χ0v) is 15.8. The van der Waals surface area contributed by atoms with Gasteiger partial charge in [-0.05, 0) is 31.2 Å². The summed E-state index contributed by atoms with van der Waals surface area (Å²) in [5.74, 6) is 0.665. The largest absolute Gasteiger partial charge is 0.497 e. The number of rotatable bonds is 6. The quantitative estimate of drug-likeness (QED) is 0.481. The first-order chi connectivity index (χ1) is 13.4. The summed E-state index contributed by atoms with van der Waals surface area (Å²) in [5.41, 5.74) is 1.64. The number of anilines is 1. The minimum atomic E-state index is -0.500. The average molecular weight is 380 g/mol. The lowest BCUT2D eigenvalue weighted by atomic mass is 10.1. The van der Waals surface area contributed by atoms with E-state index < -0.39 is 4.92 Å². The van der Waals surface area contributed by atoms with Crippen molar-refractivity contribution < 1.29 is 9.66 Å². The lowest BCUT2D eigenvalue weighted by Gasteiger charge is -2.18. The van der Waals surface area contributed by atoms with Crippen molar-refractivity contribution in [2.45, 2.75) is 6.92 Å². The van der Waals surface area contributed by atoms with Crippen molar-refractivity contribution in [1.29, 1.82) is 0 Å². The molecule has 0 amide bonds. The lowest BCUT2D eigenvalue weighted by molar-refractivity contribution is -0.384. The number of ether oxygens (including phenoxy) is 1. The number of aromatic nitrogens is 2. The number of methoxy groups -OCH3 is 1. The molecule has 0 aliphatic carbocycles. The minimum absolute atomic E-state index is 0.108. The fourth-order valence-electron chi connectivity index (χ4n) is 2.76. The molecular weight excluding hydrogens is 360 g/mol. The van der Waals surface area contributed by atoms with Crippen LogP contribution in [-0.4, -0.2) is 35.4 Å².